The number of hydrogen-bond acceptors (Lipinski definition) is 1. The van der Waals surface area contributed by atoms with Gasteiger partial charge in [0.25, 0.3) is 0 Å². The number of imidazole rings is 1. The van der Waals surface area contributed by atoms with Gasteiger partial charge in [-0.1, -0.05) is 51.7 Å². The third-order valence-corrected chi connectivity index (χ3v) is 4.15. The summed E-state index contributed by atoms with van der Waals surface area (Å²) in [7, 11) is 0. The van der Waals surface area contributed by atoms with Crippen molar-refractivity contribution in [3.63, 3.8) is 0 Å². The van der Waals surface area contributed by atoms with E-state index in [1.54, 1.807) is 0 Å². The van der Waals surface area contributed by atoms with E-state index in [0.29, 0.717) is 5.88 Å². The summed E-state index contributed by atoms with van der Waals surface area (Å²) in [6.45, 7) is 5.67. The average molecular weight is 307 g/mol. The Morgan fingerprint density at radius 2 is 1.86 bits per heavy atom. The summed E-state index contributed by atoms with van der Waals surface area (Å²) in [6.07, 6.45) is 7.44. The van der Waals surface area contributed by atoms with Gasteiger partial charge in [-0.25, -0.2) is 4.98 Å². The molecule has 0 aliphatic rings. The number of rotatable bonds is 9. The van der Waals surface area contributed by atoms with E-state index in [4.69, 9.17) is 16.6 Å². The summed E-state index contributed by atoms with van der Waals surface area (Å²) in [6, 6.07) is 8.40. The second-order valence-electron chi connectivity index (χ2n) is 6.20. The Hall–Kier alpha value is -1.02. The van der Waals surface area contributed by atoms with Crippen LogP contribution in [-0.4, -0.2) is 15.4 Å². The monoisotopic (exact) mass is 306 g/mol. The lowest BCUT2D eigenvalue weighted by Gasteiger charge is -2.09. The number of alkyl halides is 1. The van der Waals surface area contributed by atoms with Gasteiger partial charge in [-0.3, -0.25) is 0 Å². The molecule has 0 N–H and O–H groups in total. The molecule has 2 nitrogen and oxygen atoms in total. The second-order valence-corrected chi connectivity index (χ2v) is 6.58. The van der Waals surface area contributed by atoms with E-state index in [2.05, 4.69) is 42.7 Å². The first-order chi connectivity index (χ1) is 10.2. The molecular weight excluding hydrogens is 280 g/mol. The Morgan fingerprint density at radius 1 is 1.10 bits per heavy atom. The minimum absolute atomic E-state index is 0.637. The molecule has 0 saturated heterocycles. The van der Waals surface area contributed by atoms with Crippen molar-refractivity contribution < 1.29 is 0 Å². The molecular formula is C18H27ClN2. The lowest BCUT2D eigenvalue weighted by Crippen LogP contribution is -2.05. The highest BCUT2D eigenvalue weighted by Gasteiger charge is 2.09. The molecule has 3 heteroatoms. The lowest BCUT2D eigenvalue weighted by atomic mass is 10.0. The summed E-state index contributed by atoms with van der Waals surface area (Å²) in [5.74, 6) is 2.60. The summed E-state index contributed by atoms with van der Waals surface area (Å²) >= 11 is 5.91. The van der Waals surface area contributed by atoms with E-state index in [9.17, 15) is 0 Å². The molecule has 116 valence electrons. The van der Waals surface area contributed by atoms with Crippen LogP contribution in [0.1, 0.15) is 51.8 Å². The number of nitrogens with zero attached hydrogens (tertiary/aromatic N) is 2. The van der Waals surface area contributed by atoms with Crippen LogP contribution in [0, 0.1) is 5.92 Å². The smallest absolute Gasteiger partial charge is 0.111 e. The van der Waals surface area contributed by atoms with E-state index in [0.717, 1.165) is 30.2 Å². The molecule has 2 aromatic rings. The van der Waals surface area contributed by atoms with E-state index in [1.807, 2.05) is 0 Å². The van der Waals surface area contributed by atoms with Crippen molar-refractivity contribution in [3.05, 3.63) is 30.1 Å². The summed E-state index contributed by atoms with van der Waals surface area (Å²) < 4.78 is 2.36. The Kier molecular flexibility index (Phi) is 6.56. The van der Waals surface area contributed by atoms with Crippen LogP contribution < -0.4 is 0 Å². The fourth-order valence-corrected chi connectivity index (χ4v) is 3.00. The molecule has 0 bridgehead atoms. The van der Waals surface area contributed by atoms with Crippen LogP contribution in [-0.2, 0) is 13.0 Å². The van der Waals surface area contributed by atoms with Gasteiger partial charge < -0.3 is 4.57 Å². The Balaban J connectivity index is 1.92. The van der Waals surface area contributed by atoms with Crippen LogP contribution in [0.25, 0.3) is 11.0 Å². The molecule has 1 aromatic carbocycles. The highest BCUT2D eigenvalue weighted by molar-refractivity contribution is 6.17. The van der Waals surface area contributed by atoms with Crippen molar-refractivity contribution in [3.8, 4) is 0 Å². The number of para-hydroxylation sites is 2. The Labute approximate surface area is 133 Å². The number of unbranched alkanes of at least 4 members (excludes halogenated alkanes) is 3. The highest BCUT2D eigenvalue weighted by Crippen LogP contribution is 2.18. The average Bonchev–Trinajstić information content (AvgIpc) is 2.80. The molecule has 0 spiro atoms. The molecule has 0 radical (unpaired) electrons. The molecule has 1 aromatic heterocycles. The second kappa shape index (κ2) is 8.43. The Bertz CT molecular complexity index is 545. The van der Waals surface area contributed by atoms with Gasteiger partial charge in [-0.05, 0) is 24.5 Å². The molecule has 1 heterocycles. The normalized spacial score (nSPS) is 11.6. The van der Waals surface area contributed by atoms with Crippen LogP contribution >= 0.6 is 11.6 Å². The molecule has 0 saturated carbocycles. The van der Waals surface area contributed by atoms with Gasteiger partial charge in [0.15, 0.2) is 0 Å². The fraction of sp³-hybridized carbons (Fsp3) is 0.611. The summed E-state index contributed by atoms with van der Waals surface area (Å²) in [5.41, 5.74) is 2.34. The lowest BCUT2D eigenvalue weighted by molar-refractivity contribution is 0.505. The fourth-order valence-electron chi connectivity index (χ4n) is 2.83. The number of fused-ring (bicyclic) bond motifs is 1. The van der Waals surface area contributed by atoms with Gasteiger partial charge in [0, 0.05) is 18.8 Å². The zero-order valence-corrected chi connectivity index (χ0v) is 14.1. The van der Waals surface area contributed by atoms with Gasteiger partial charge in [0.2, 0.25) is 0 Å². The zero-order valence-electron chi connectivity index (χ0n) is 13.3. The molecule has 0 unspecified atom stereocenters. The maximum Gasteiger partial charge on any atom is 0.111 e. The van der Waals surface area contributed by atoms with E-state index in [-0.39, 0.29) is 0 Å². The predicted molar refractivity (Wildman–Crippen MR) is 92.1 cm³/mol. The van der Waals surface area contributed by atoms with Crippen molar-refractivity contribution in [2.75, 3.05) is 5.88 Å². The number of benzene rings is 1. The third-order valence-electron chi connectivity index (χ3n) is 3.96. The Morgan fingerprint density at radius 3 is 2.62 bits per heavy atom. The van der Waals surface area contributed by atoms with E-state index < -0.39 is 0 Å². The number of aromatic nitrogens is 2. The van der Waals surface area contributed by atoms with Crippen molar-refractivity contribution >= 4 is 22.6 Å². The van der Waals surface area contributed by atoms with Crippen LogP contribution in [0.2, 0.25) is 0 Å². The van der Waals surface area contributed by atoms with E-state index >= 15 is 0 Å². The SMILES string of the molecule is CC(C)CCCCCCn1c(CCCl)nc2ccccc21. The molecule has 0 aliphatic heterocycles. The predicted octanol–water partition coefficient (Wildman–Crippen LogP) is 5.42. The molecule has 0 aliphatic carbocycles. The van der Waals surface area contributed by atoms with Crippen LogP contribution in [0.3, 0.4) is 0 Å². The molecule has 21 heavy (non-hydrogen) atoms. The van der Waals surface area contributed by atoms with Gasteiger partial charge in [-0.2, -0.15) is 0 Å². The summed E-state index contributed by atoms with van der Waals surface area (Å²) in [5, 5.41) is 0. The van der Waals surface area contributed by atoms with Crippen molar-refractivity contribution in [1.82, 2.24) is 9.55 Å². The highest BCUT2D eigenvalue weighted by atomic mass is 35.5. The number of halogens is 1. The van der Waals surface area contributed by atoms with Crippen LogP contribution in [0.4, 0.5) is 0 Å². The quantitative estimate of drug-likeness (QED) is 0.446. The van der Waals surface area contributed by atoms with Gasteiger partial charge in [0.1, 0.15) is 5.82 Å². The van der Waals surface area contributed by atoms with Crippen molar-refractivity contribution in [2.24, 2.45) is 5.92 Å². The minimum atomic E-state index is 0.637. The molecule has 0 fully saturated rings. The first-order valence-corrected chi connectivity index (χ1v) is 8.76. The number of aryl methyl sites for hydroxylation is 2. The summed E-state index contributed by atoms with van der Waals surface area (Å²) in [4.78, 5) is 4.72. The minimum Gasteiger partial charge on any atom is -0.328 e. The van der Waals surface area contributed by atoms with Crippen LogP contribution in [0.5, 0.6) is 0 Å². The first-order valence-electron chi connectivity index (χ1n) is 8.22. The first kappa shape index (κ1) is 16.4. The van der Waals surface area contributed by atoms with Gasteiger partial charge in [0.05, 0.1) is 11.0 Å². The maximum atomic E-state index is 5.91. The van der Waals surface area contributed by atoms with Crippen LogP contribution in [0.15, 0.2) is 24.3 Å². The topological polar surface area (TPSA) is 17.8 Å². The zero-order chi connectivity index (χ0) is 15.1. The van der Waals surface area contributed by atoms with Crippen molar-refractivity contribution in [1.29, 1.82) is 0 Å². The standard InChI is InChI=1S/C18H27ClN2/c1-15(2)9-5-3-4-8-14-21-17-11-7-6-10-16(17)20-18(21)12-13-19/h6-7,10-11,15H,3-5,8-9,12-14H2,1-2H3. The third kappa shape index (κ3) is 4.74. The van der Waals surface area contributed by atoms with E-state index in [1.165, 1.54) is 37.6 Å². The molecule has 0 atom stereocenters. The largest absolute Gasteiger partial charge is 0.328 e. The molecule has 0 amide bonds. The number of hydrogen-bond donors (Lipinski definition) is 0. The van der Waals surface area contributed by atoms with Crippen molar-refractivity contribution in [2.45, 2.75) is 58.9 Å². The molecule has 2 rings (SSSR count). The van der Waals surface area contributed by atoms with Gasteiger partial charge >= 0.3 is 0 Å². The van der Waals surface area contributed by atoms with Gasteiger partial charge in [-0.15, -0.1) is 11.6 Å². The maximum absolute atomic E-state index is 5.91.